The summed E-state index contributed by atoms with van der Waals surface area (Å²) in [5.41, 5.74) is 0.283. The van der Waals surface area contributed by atoms with E-state index >= 15 is 0 Å². The lowest BCUT2D eigenvalue weighted by atomic mass is 9.46. The molecular formula is C22H29NO3. The van der Waals surface area contributed by atoms with Gasteiger partial charge >= 0.3 is 5.97 Å². The second-order valence-electron chi connectivity index (χ2n) is 9.50. The first-order valence-corrected chi connectivity index (χ1v) is 10.1. The Bertz CT molecular complexity index is 734. The maximum Gasteiger partial charge on any atom is 0.304 e. The summed E-state index contributed by atoms with van der Waals surface area (Å²) >= 11 is 0. The third kappa shape index (κ3) is 2.19. The number of ether oxygens (including phenoxy) is 1. The molecule has 0 amide bonds. The van der Waals surface area contributed by atoms with Crippen molar-refractivity contribution in [2.45, 2.75) is 77.7 Å². The van der Waals surface area contributed by atoms with Gasteiger partial charge in [0.2, 0.25) is 5.60 Å². The minimum atomic E-state index is -0.964. The van der Waals surface area contributed by atoms with Crippen molar-refractivity contribution >= 4 is 11.8 Å². The van der Waals surface area contributed by atoms with E-state index in [1.54, 1.807) is 0 Å². The van der Waals surface area contributed by atoms with Crippen LogP contribution in [0.4, 0.5) is 0 Å². The van der Waals surface area contributed by atoms with E-state index in [0.717, 1.165) is 38.5 Å². The van der Waals surface area contributed by atoms with Gasteiger partial charge < -0.3 is 4.74 Å². The second kappa shape index (κ2) is 5.68. The van der Waals surface area contributed by atoms with Crippen LogP contribution in [0, 0.1) is 39.9 Å². The molecule has 0 spiro atoms. The average Bonchev–Trinajstić information content (AvgIpc) is 2.88. The Morgan fingerprint density at radius 1 is 1.15 bits per heavy atom. The van der Waals surface area contributed by atoms with Crippen LogP contribution in [0.5, 0.6) is 0 Å². The van der Waals surface area contributed by atoms with Gasteiger partial charge in [-0.1, -0.05) is 19.4 Å². The summed E-state index contributed by atoms with van der Waals surface area (Å²) in [4.78, 5) is 23.6. The lowest BCUT2D eigenvalue weighted by Gasteiger charge is -2.58. The van der Waals surface area contributed by atoms with Gasteiger partial charge in [-0.25, -0.2) is 0 Å². The Labute approximate surface area is 156 Å². The Kier molecular flexibility index (Phi) is 3.88. The average molecular weight is 355 g/mol. The molecule has 4 aliphatic rings. The minimum absolute atomic E-state index is 0.136. The molecule has 4 heteroatoms. The lowest BCUT2D eigenvalue weighted by molar-refractivity contribution is -0.169. The third-order valence-electron chi connectivity index (χ3n) is 8.58. The topological polar surface area (TPSA) is 67.2 Å². The molecule has 4 nitrogen and oxygen atoms in total. The number of rotatable bonds is 1. The molecule has 0 N–H and O–H groups in total. The maximum absolute atomic E-state index is 11.9. The van der Waals surface area contributed by atoms with Crippen molar-refractivity contribution in [2.24, 2.45) is 28.6 Å². The zero-order valence-electron chi connectivity index (χ0n) is 16.1. The number of carbonyl (C=O) groups is 2. The van der Waals surface area contributed by atoms with E-state index in [4.69, 9.17) is 4.74 Å². The molecule has 0 heterocycles. The molecule has 0 aromatic rings. The number of ketones is 1. The zero-order valence-corrected chi connectivity index (χ0v) is 16.1. The van der Waals surface area contributed by atoms with Gasteiger partial charge in [0.1, 0.15) is 6.07 Å². The Morgan fingerprint density at radius 2 is 1.88 bits per heavy atom. The van der Waals surface area contributed by atoms with E-state index < -0.39 is 5.60 Å². The van der Waals surface area contributed by atoms with Gasteiger partial charge in [0, 0.05) is 25.2 Å². The normalized spacial score (nSPS) is 47.1. The molecule has 3 fully saturated rings. The van der Waals surface area contributed by atoms with Crippen LogP contribution in [0.25, 0.3) is 0 Å². The van der Waals surface area contributed by atoms with Crippen LogP contribution in [-0.4, -0.2) is 17.4 Å². The van der Waals surface area contributed by atoms with Gasteiger partial charge in [-0.15, -0.1) is 0 Å². The van der Waals surface area contributed by atoms with Crippen LogP contribution in [0.3, 0.4) is 0 Å². The summed E-state index contributed by atoms with van der Waals surface area (Å²) in [6.45, 7) is 5.97. The van der Waals surface area contributed by atoms with Crippen molar-refractivity contribution < 1.29 is 14.3 Å². The smallest absolute Gasteiger partial charge is 0.304 e. The minimum Gasteiger partial charge on any atom is -0.443 e. The molecule has 4 rings (SSSR count). The molecule has 3 saturated carbocycles. The van der Waals surface area contributed by atoms with E-state index in [1.807, 2.05) is 6.08 Å². The first-order valence-electron chi connectivity index (χ1n) is 10.1. The quantitative estimate of drug-likeness (QED) is 0.656. The lowest BCUT2D eigenvalue weighted by Crippen LogP contribution is -2.55. The third-order valence-corrected chi connectivity index (χ3v) is 8.58. The van der Waals surface area contributed by atoms with Gasteiger partial charge in [0.25, 0.3) is 0 Å². The monoisotopic (exact) mass is 355 g/mol. The molecule has 6 atom stereocenters. The van der Waals surface area contributed by atoms with Crippen LogP contribution in [0.2, 0.25) is 0 Å². The van der Waals surface area contributed by atoms with Gasteiger partial charge in [-0.05, 0) is 67.8 Å². The molecule has 26 heavy (non-hydrogen) atoms. The van der Waals surface area contributed by atoms with Crippen LogP contribution in [0.1, 0.15) is 72.1 Å². The predicted molar refractivity (Wildman–Crippen MR) is 96.8 cm³/mol. The number of fused-ring (bicyclic) bond motifs is 5. The molecule has 0 bridgehead atoms. The highest BCUT2D eigenvalue weighted by Crippen LogP contribution is 2.68. The number of esters is 1. The van der Waals surface area contributed by atoms with Gasteiger partial charge in [-0.3, -0.25) is 9.59 Å². The molecule has 0 saturated heterocycles. The summed E-state index contributed by atoms with van der Waals surface area (Å²) in [6.07, 6.45) is 9.28. The highest BCUT2D eigenvalue weighted by Gasteiger charge is 2.66. The fourth-order valence-corrected chi connectivity index (χ4v) is 7.18. The highest BCUT2D eigenvalue weighted by atomic mass is 16.6. The zero-order chi connectivity index (χ0) is 18.7. The summed E-state index contributed by atoms with van der Waals surface area (Å²) in [5, 5.41) is 9.96. The highest BCUT2D eigenvalue weighted by molar-refractivity contribution is 5.91. The molecule has 140 valence electrons. The van der Waals surface area contributed by atoms with Crippen molar-refractivity contribution in [2.75, 3.05) is 0 Å². The number of carbonyl (C=O) groups excluding carboxylic acids is 2. The molecule has 0 aromatic heterocycles. The molecule has 0 radical (unpaired) electrons. The number of hydrogen-bond donors (Lipinski definition) is 0. The van der Waals surface area contributed by atoms with Crippen molar-refractivity contribution in [3.63, 3.8) is 0 Å². The summed E-state index contributed by atoms with van der Waals surface area (Å²) < 4.78 is 5.69. The predicted octanol–water partition coefficient (Wildman–Crippen LogP) is 4.34. The molecule has 0 aromatic carbocycles. The first kappa shape index (κ1) is 17.8. The van der Waals surface area contributed by atoms with Crippen molar-refractivity contribution in [1.82, 2.24) is 0 Å². The first-order chi connectivity index (χ1) is 12.3. The van der Waals surface area contributed by atoms with E-state index in [1.165, 1.54) is 12.5 Å². The summed E-state index contributed by atoms with van der Waals surface area (Å²) in [7, 11) is 0. The molecule has 0 aliphatic heterocycles. The van der Waals surface area contributed by atoms with Crippen LogP contribution in [0.15, 0.2) is 11.6 Å². The van der Waals surface area contributed by atoms with Crippen molar-refractivity contribution in [3.8, 4) is 6.07 Å². The van der Waals surface area contributed by atoms with Gasteiger partial charge in [0.15, 0.2) is 5.78 Å². The van der Waals surface area contributed by atoms with Gasteiger partial charge in [-0.2, -0.15) is 5.26 Å². The molecular weight excluding hydrogens is 326 g/mol. The van der Waals surface area contributed by atoms with E-state index in [2.05, 4.69) is 19.9 Å². The SMILES string of the molecule is CC(=O)O[C@@]1(C#N)CCC2C3CCC4=CC(=O)CC[C@]4(C)C3CC[C@@]21C. The number of hydrogen-bond acceptors (Lipinski definition) is 4. The number of allylic oxidation sites excluding steroid dienone is 1. The standard InChI is InChI=1S/C22H29NO3/c1-14(24)26-22(13-23)11-8-19-17-5-4-15-12-16(25)6-9-20(15,2)18(17)7-10-21(19,22)3/h12,17-19H,4-11H2,1-3H3/t17?,18?,19?,20-,21-,22+/m0/s1. The fraction of sp³-hybridized carbons (Fsp3) is 0.773. The van der Waals surface area contributed by atoms with E-state index in [9.17, 15) is 14.9 Å². The fourth-order valence-electron chi connectivity index (χ4n) is 7.18. The number of nitrogens with zero attached hydrogens (tertiary/aromatic N) is 1. The summed E-state index contributed by atoms with van der Waals surface area (Å²) in [5.74, 6) is 1.52. The van der Waals surface area contributed by atoms with Crippen molar-refractivity contribution in [3.05, 3.63) is 11.6 Å². The van der Waals surface area contributed by atoms with Crippen LogP contribution in [-0.2, 0) is 14.3 Å². The number of nitriles is 1. The Morgan fingerprint density at radius 3 is 2.58 bits per heavy atom. The van der Waals surface area contributed by atoms with Crippen LogP contribution < -0.4 is 0 Å². The van der Waals surface area contributed by atoms with E-state index in [-0.39, 0.29) is 22.6 Å². The Hall–Kier alpha value is -1.63. The Balaban J connectivity index is 1.69. The maximum atomic E-state index is 11.9. The van der Waals surface area contributed by atoms with Gasteiger partial charge in [0.05, 0.1) is 0 Å². The van der Waals surface area contributed by atoms with E-state index in [0.29, 0.717) is 30.6 Å². The molecule has 3 unspecified atom stereocenters. The second-order valence-corrected chi connectivity index (χ2v) is 9.50. The van der Waals surface area contributed by atoms with Crippen molar-refractivity contribution in [1.29, 1.82) is 5.26 Å². The summed E-state index contributed by atoms with van der Waals surface area (Å²) in [6, 6.07) is 2.42. The van der Waals surface area contributed by atoms with Crippen LogP contribution >= 0.6 is 0 Å². The largest absolute Gasteiger partial charge is 0.443 e. The molecule has 4 aliphatic carbocycles.